The minimum atomic E-state index is 0.648. The highest BCUT2D eigenvalue weighted by Gasteiger charge is 2.03. The molecule has 0 aromatic heterocycles. The number of nitrogens with one attached hydrogen (secondary N) is 1. The van der Waals surface area contributed by atoms with E-state index >= 15 is 0 Å². The maximum absolute atomic E-state index is 8.93. The molecule has 0 fully saturated rings. The summed E-state index contributed by atoms with van der Waals surface area (Å²) in [5.74, 6) is 0. The zero-order valence-corrected chi connectivity index (χ0v) is 11.6. The summed E-state index contributed by atoms with van der Waals surface area (Å²) < 4.78 is 0. The lowest BCUT2D eigenvalue weighted by Crippen LogP contribution is -2.03. The molecule has 0 heterocycles. The van der Waals surface area contributed by atoms with Crippen LogP contribution in [0.4, 0.5) is 5.69 Å². The van der Waals surface area contributed by atoms with Crippen LogP contribution < -0.4 is 5.32 Å². The van der Waals surface area contributed by atoms with Gasteiger partial charge < -0.3 is 5.32 Å². The quantitative estimate of drug-likeness (QED) is 0.917. The van der Waals surface area contributed by atoms with Crippen LogP contribution in [0.25, 0.3) is 0 Å². The number of hydrogen-bond donors (Lipinski definition) is 1. The summed E-state index contributed by atoms with van der Waals surface area (Å²) in [5.41, 5.74) is 5.63. The van der Waals surface area contributed by atoms with E-state index in [0.717, 1.165) is 22.4 Å². The van der Waals surface area contributed by atoms with Crippen molar-refractivity contribution in [3.63, 3.8) is 0 Å². The largest absolute Gasteiger partial charge is 0.381 e. The Hall–Kier alpha value is -2.78. The molecular weight excluding hydrogens is 246 g/mol. The lowest BCUT2D eigenvalue weighted by atomic mass is 10.0. The first-order valence-corrected chi connectivity index (χ1v) is 6.38. The molecule has 1 N–H and O–H groups in total. The molecule has 2 aromatic rings. The van der Waals surface area contributed by atoms with Gasteiger partial charge in [-0.05, 0) is 54.8 Å². The van der Waals surface area contributed by atoms with Crippen LogP contribution in [0.5, 0.6) is 0 Å². The molecule has 0 radical (unpaired) electrons. The fourth-order valence-corrected chi connectivity index (χ4v) is 2.04. The average molecular weight is 261 g/mol. The van der Waals surface area contributed by atoms with E-state index in [1.165, 1.54) is 0 Å². The molecule has 0 saturated heterocycles. The molecule has 98 valence electrons. The molecule has 2 rings (SSSR count). The molecule has 0 aliphatic rings. The first-order valence-electron chi connectivity index (χ1n) is 6.38. The topological polar surface area (TPSA) is 59.6 Å². The van der Waals surface area contributed by atoms with Gasteiger partial charge in [0.05, 0.1) is 23.3 Å². The van der Waals surface area contributed by atoms with E-state index in [0.29, 0.717) is 17.7 Å². The lowest BCUT2D eigenvalue weighted by molar-refractivity contribution is 1.11. The normalized spacial score (nSPS) is 9.60. The van der Waals surface area contributed by atoms with Gasteiger partial charge in [-0.15, -0.1) is 0 Å². The van der Waals surface area contributed by atoms with Crippen LogP contribution >= 0.6 is 0 Å². The number of benzene rings is 2. The molecule has 20 heavy (non-hydrogen) atoms. The highest BCUT2D eigenvalue weighted by Crippen LogP contribution is 2.19. The van der Waals surface area contributed by atoms with Crippen molar-refractivity contribution in [1.82, 2.24) is 0 Å². The smallest absolute Gasteiger partial charge is 0.0992 e. The third-order valence-corrected chi connectivity index (χ3v) is 3.31. The molecule has 0 unspecified atom stereocenters. The standard InChI is InChI=1S/C17H15N3/c1-12-3-4-15(10-19)8-17(12)20-11-16-6-5-14(9-18)7-13(16)2/h3-8,20H,11H2,1-2H3. The minimum absolute atomic E-state index is 0.648. The van der Waals surface area contributed by atoms with Crippen LogP contribution in [0.15, 0.2) is 36.4 Å². The number of aryl methyl sites for hydroxylation is 2. The Labute approximate surface area is 119 Å². The summed E-state index contributed by atoms with van der Waals surface area (Å²) in [4.78, 5) is 0. The SMILES string of the molecule is Cc1cc(C#N)ccc1CNc1cc(C#N)ccc1C. The van der Waals surface area contributed by atoms with Crippen LogP contribution in [-0.4, -0.2) is 0 Å². The van der Waals surface area contributed by atoms with Gasteiger partial charge in [-0.25, -0.2) is 0 Å². The second kappa shape index (κ2) is 5.91. The second-order valence-electron chi connectivity index (χ2n) is 4.75. The van der Waals surface area contributed by atoms with E-state index in [2.05, 4.69) is 17.5 Å². The van der Waals surface area contributed by atoms with Gasteiger partial charge in [0.15, 0.2) is 0 Å². The summed E-state index contributed by atoms with van der Waals surface area (Å²) in [6.07, 6.45) is 0. The van der Waals surface area contributed by atoms with Gasteiger partial charge in [0.2, 0.25) is 0 Å². The summed E-state index contributed by atoms with van der Waals surface area (Å²) >= 11 is 0. The van der Waals surface area contributed by atoms with Crippen molar-refractivity contribution in [2.45, 2.75) is 20.4 Å². The van der Waals surface area contributed by atoms with Crippen LogP contribution in [0, 0.1) is 36.5 Å². The summed E-state index contributed by atoms with van der Waals surface area (Å²) in [5, 5.41) is 21.1. The van der Waals surface area contributed by atoms with E-state index < -0.39 is 0 Å². The van der Waals surface area contributed by atoms with Gasteiger partial charge in [0.1, 0.15) is 0 Å². The van der Waals surface area contributed by atoms with Crippen LogP contribution in [-0.2, 0) is 6.54 Å². The van der Waals surface area contributed by atoms with Crippen molar-refractivity contribution >= 4 is 5.69 Å². The molecule has 3 nitrogen and oxygen atoms in total. The van der Waals surface area contributed by atoms with E-state index in [1.807, 2.05) is 50.2 Å². The number of anilines is 1. The second-order valence-corrected chi connectivity index (χ2v) is 4.75. The molecule has 0 amide bonds. The van der Waals surface area contributed by atoms with Crippen LogP contribution in [0.2, 0.25) is 0 Å². The summed E-state index contributed by atoms with van der Waals surface area (Å²) in [6, 6.07) is 15.6. The highest BCUT2D eigenvalue weighted by atomic mass is 14.9. The molecule has 3 heteroatoms. The summed E-state index contributed by atoms with van der Waals surface area (Å²) in [7, 11) is 0. The van der Waals surface area contributed by atoms with Gasteiger partial charge >= 0.3 is 0 Å². The molecule has 0 saturated carbocycles. The Kier molecular flexibility index (Phi) is 4.03. The Morgan fingerprint density at radius 3 is 2.20 bits per heavy atom. The van der Waals surface area contributed by atoms with Crippen LogP contribution in [0.3, 0.4) is 0 Å². The van der Waals surface area contributed by atoms with Crippen molar-refractivity contribution in [3.8, 4) is 12.1 Å². The van der Waals surface area contributed by atoms with Gasteiger partial charge in [-0.2, -0.15) is 10.5 Å². The number of nitriles is 2. The average Bonchev–Trinajstić information content (AvgIpc) is 2.47. The Morgan fingerprint density at radius 1 is 0.900 bits per heavy atom. The molecule has 0 spiro atoms. The Balaban J connectivity index is 2.17. The third-order valence-electron chi connectivity index (χ3n) is 3.31. The van der Waals surface area contributed by atoms with Crippen molar-refractivity contribution in [2.24, 2.45) is 0 Å². The predicted octanol–water partition coefficient (Wildman–Crippen LogP) is 3.66. The first-order chi connectivity index (χ1) is 9.63. The summed E-state index contributed by atoms with van der Waals surface area (Å²) in [6.45, 7) is 4.68. The monoisotopic (exact) mass is 261 g/mol. The van der Waals surface area contributed by atoms with Crippen molar-refractivity contribution in [2.75, 3.05) is 5.32 Å². The van der Waals surface area contributed by atoms with Gasteiger partial charge in [0.25, 0.3) is 0 Å². The number of rotatable bonds is 3. The minimum Gasteiger partial charge on any atom is -0.381 e. The van der Waals surface area contributed by atoms with E-state index in [9.17, 15) is 0 Å². The van der Waals surface area contributed by atoms with Gasteiger partial charge in [-0.3, -0.25) is 0 Å². The van der Waals surface area contributed by atoms with E-state index in [4.69, 9.17) is 10.5 Å². The molecule has 0 aliphatic carbocycles. The number of nitrogens with zero attached hydrogens (tertiary/aromatic N) is 2. The van der Waals surface area contributed by atoms with Gasteiger partial charge in [0, 0.05) is 12.2 Å². The lowest BCUT2D eigenvalue weighted by Gasteiger charge is -2.12. The Bertz CT molecular complexity index is 718. The molecule has 2 aromatic carbocycles. The Morgan fingerprint density at radius 2 is 1.55 bits per heavy atom. The van der Waals surface area contributed by atoms with Crippen molar-refractivity contribution < 1.29 is 0 Å². The molecular formula is C17H15N3. The number of hydrogen-bond acceptors (Lipinski definition) is 3. The van der Waals surface area contributed by atoms with Crippen molar-refractivity contribution in [3.05, 3.63) is 64.2 Å². The van der Waals surface area contributed by atoms with Crippen molar-refractivity contribution in [1.29, 1.82) is 10.5 Å². The van der Waals surface area contributed by atoms with E-state index in [1.54, 1.807) is 0 Å². The molecule has 0 bridgehead atoms. The van der Waals surface area contributed by atoms with Gasteiger partial charge in [-0.1, -0.05) is 12.1 Å². The first kappa shape index (κ1) is 13.6. The molecule has 0 aliphatic heterocycles. The maximum atomic E-state index is 8.93. The maximum Gasteiger partial charge on any atom is 0.0992 e. The van der Waals surface area contributed by atoms with E-state index in [-0.39, 0.29) is 0 Å². The fraction of sp³-hybridized carbons (Fsp3) is 0.176. The highest BCUT2D eigenvalue weighted by molar-refractivity contribution is 5.55. The zero-order valence-electron chi connectivity index (χ0n) is 11.6. The van der Waals surface area contributed by atoms with Crippen LogP contribution in [0.1, 0.15) is 27.8 Å². The molecule has 0 atom stereocenters. The predicted molar refractivity (Wildman–Crippen MR) is 79.1 cm³/mol. The zero-order chi connectivity index (χ0) is 14.5. The fourth-order valence-electron chi connectivity index (χ4n) is 2.04. The third kappa shape index (κ3) is 2.96.